The van der Waals surface area contributed by atoms with E-state index < -0.39 is 11.9 Å². The van der Waals surface area contributed by atoms with Gasteiger partial charge in [0.15, 0.2) is 0 Å². The Morgan fingerprint density at radius 3 is 2.84 bits per heavy atom. The van der Waals surface area contributed by atoms with Gasteiger partial charge in [-0.2, -0.15) is 0 Å². The highest BCUT2D eigenvalue weighted by Crippen LogP contribution is 2.29. The van der Waals surface area contributed by atoms with Crippen molar-refractivity contribution in [2.24, 2.45) is 0 Å². The molecule has 4 nitrogen and oxygen atoms in total. The number of rotatable bonds is 6. The third-order valence-corrected chi connectivity index (χ3v) is 4.22. The van der Waals surface area contributed by atoms with Gasteiger partial charge in [0.1, 0.15) is 4.88 Å². The summed E-state index contributed by atoms with van der Waals surface area (Å²) in [6, 6.07) is 0. The van der Waals surface area contributed by atoms with Gasteiger partial charge in [-0.1, -0.05) is 13.3 Å². The fraction of sp³-hybridized carbons (Fsp3) is 0.385. The van der Waals surface area contributed by atoms with E-state index in [4.69, 9.17) is 4.74 Å². The molecule has 1 aromatic heterocycles. The van der Waals surface area contributed by atoms with Crippen LogP contribution in [0.2, 0.25) is 0 Å². The number of halogens is 1. The van der Waals surface area contributed by atoms with Crippen LogP contribution in [0.1, 0.15) is 35.0 Å². The van der Waals surface area contributed by atoms with E-state index in [-0.39, 0.29) is 0 Å². The summed E-state index contributed by atoms with van der Waals surface area (Å²) in [7, 11) is 1.32. The Morgan fingerprint density at radius 1 is 1.47 bits per heavy atom. The Bertz CT molecular complexity index is 479. The quantitative estimate of drug-likeness (QED) is 0.448. The summed E-state index contributed by atoms with van der Waals surface area (Å²) in [6.07, 6.45) is 4.69. The fourth-order valence-corrected chi connectivity index (χ4v) is 2.84. The summed E-state index contributed by atoms with van der Waals surface area (Å²) < 4.78 is 10.4. The Labute approximate surface area is 124 Å². The third kappa shape index (κ3) is 4.80. The molecule has 0 aliphatic carbocycles. The van der Waals surface area contributed by atoms with E-state index >= 15 is 0 Å². The average Bonchev–Trinajstić information content (AvgIpc) is 2.77. The van der Waals surface area contributed by atoms with Crippen LogP contribution in [0.25, 0.3) is 6.08 Å². The first-order valence-corrected chi connectivity index (χ1v) is 7.47. The number of methoxy groups -OCH3 is 1. The van der Waals surface area contributed by atoms with Gasteiger partial charge in [0, 0.05) is 21.5 Å². The maximum Gasteiger partial charge on any atom is 0.348 e. The second kappa shape index (κ2) is 8.12. The molecule has 1 heterocycles. The molecule has 0 radical (unpaired) electrons. The Hall–Kier alpha value is -1.14. The molecule has 6 heteroatoms. The van der Waals surface area contributed by atoms with Crippen molar-refractivity contribution in [2.45, 2.75) is 19.8 Å². The topological polar surface area (TPSA) is 52.6 Å². The molecule has 0 saturated carbocycles. The van der Waals surface area contributed by atoms with Crippen molar-refractivity contribution in [2.75, 3.05) is 13.7 Å². The van der Waals surface area contributed by atoms with E-state index in [0.717, 1.165) is 17.3 Å². The van der Waals surface area contributed by atoms with Crippen LogP contribution in [0.3, 0.4) is 0 Å². The van der Waals surface area contributed by atoms with Gasteiger partial charge in [0.2, 0.25) is 0 Å². The number of carbonyl (C=O) groups excluding carboxylic acids is 2. The number of hydrogen-bond donors (Lipinski definition) is 0. The zero-order valence-corrected chi connectivity index (χ0v) is 13.2. The lowest BCUT2D eigenvalue weighted by Gasteiger charge is -2.00. The largest absolute Gasteiger partial charge is 0.465 e. The van der Waals surface area contributed by atoms with Gasteiger partial charge in [-0.25, -0.2) is 9.59 Å². The minimum Gasteiger partial charge on any atom is -0.465 e. The first kappa shape index (κ1) is 15.9. The minimum atomic E-state index is -0.422. The number of carbonyl (C=O) groups is 2. The molecule has 0 unspecified atom stereocenters. The van der Waals surface area contributed by atoms with Crippen molar-refractivity contribution in [3.63, 3.8) is 0 Å². The highest BCUT2D eigenvalue weighted by molar-refractivity contribution is 9.10. The summed E-state index contributed by atoms with van der Waals surface area (Å²) in [6.45, 7) is 2.43. The molecule has 19 heavy (non-hydrogen) atoms. The summed E-state index contributed by atoms with van der Waals surface area (Å²) in [5, 5.41) is 1.77. The molecule has 0 bridgehead atoms. The van der Waals surface area contributed by atoms with E-state index in [0.29, 0.717) is 17.0 Å². The highest BCUT2D eigenvalue weighted by atomic mass is 79.9. The molecule has 0 amide bonds. The van der Waals surface area contributed by atoms with Gasteiger partial charge in [-0.05, 0) is 28.4 Å². The zero-order chi connectivity index (χ0) is 14.3. The van der Waals surface area contributed by atoms with E-state index in [1.807, 2.05) is 6.92 Å². The molecule has 0 atom stereocenters. The summed E-state index contributed by atoms with van der Waals surface area (Å²) in [5.41, 5.74) is 0.629. The maximum atomic E-state index is 11.5. The second-order valence-corrected chi connectivity index (χ2v) is 5.41. The van der Waals surface area contributed by atoms with Crippen molar-refractivity contribution >= 4 is 45.3 Å². The van der Waals surface area contributed by atoms with E-state index in [9.17, 15) is 9.59 Å². The van der Waals surface area contributed by atoms with Gasteiger partial charge in [0.05, 0.1) is 13.7 Å². The minimum absolute atomic E-state index is 0.411. The predicted octanol–water partition coefficient (Wildman–Crippen LogP) is 3.65. The Kier molecular flexibility index (Phi) is 6.80. The first-order chi connectivity index (χ1) is 9.10. The lowest BCUT2D eigenvalue weighted by atomic mass is 10.2. The van der Waals surface area contributed by atoms with Crippen LogP contribution in [0.4, 0.5) is 0 Å². The van der Waals surface area contributed by atoms with Crippen LogP contribution in [-0.2, 0) is 14.3 Å². The normalized spacial score (nSPS) is 10.7. The Morgan fingerprint density at radius 2 is 2.21 bits per heavy atom. The van der Waals surface area contributed by atoms with Crippen molar-refractivity contribution in [3.8, 4) is 0 Å². The SMILES string of the molecule is CCCCOC(=O)/C=C/c1c(Br)csc1C(=O)OC. The molecular formula is C13H15BrO4S. The molecular weight excluding hydrogens is 332 g/mol. The summed E-state index contributed by atoms with van der Waals surface area (Å²) in [4.78, 5) is 23.4. The highest BCUT2D eigenvalue weighted by Gasteiger charge is 2.15. The summed E-state index contributed by atoms with van der Waals surface area (Å²) in [5.74, 6) is -0.836. The lowest BCUT2D eigenvalue weighted by Crippen LogP contribution is -2.02. The van der Waals surface area contributed by atoms with Gasteiger partial charge in [0.25, 0.3) is 0 Å². The van der Waals surface area contributed by atoms with Crippen molar-refractivity contribution < 1.29 is 19.1 Å². The van der Waals surface area contributed by atoms with Gasteiger partial charge in [-0.15, -0.1) is 11.3 Å². The molecule has 0 aliphatic heterocycles. The van der Waals surface area contributed by atoms with Crippen LogP contribution in [0.5, 0.6) is 0 Å². The standard InChI is InChI=1S/C13H15BrO4S/c1-3-4-7-18-11(15)6-5-9-10(14)8-19-12(9)13(16)17-2/h5-6,8H,3-4,7H2,1-2H3/b6-5+. The molecule has 1 rings (SSSR count). The molecule has 0 aromatic carbocycles. The first-order valence-electron chi connectivity index (χ1n) is 5.80. The predicted molar refractivity (Wildman–Crippen MR) is 78.3 cm³/mol. The van der Waals surface area contributed by atoms with E-state index in [1.165, 1.54) is 24.5 Å². The van der Waals surface area contributed by atoms with Crippen LogP contribution in [0.15, 0.2) is 15.9 Å². The number of ether oxygens (including phenoxy) is 2. The van der Waals surface area contributed by atoms with Gasteiger partial charge in [-0.3, -0.25) is 0 Å². The van der Waals surface area contributed by atoms with E-state index in [1.54, 1.807) is 11.5 Å². The number of thiophene rings is 1. The fourth-order valence-electron chi connectivity index (χ4n) is 1.27. The van der Waals surface area contributed by atoms with Crippen LogP contribution >= 0.6 is 27.3 Å². The molecule has 104 valence electrons. The van der Waals surface area contributed by atoms with Crippen LogP contribution in [-0.4, -0.2) is 25.7 Å². The zero-order valence-electron chi connectivity index (χ0n) is 10.8. The molecule has 1 aromatic rings. The van der Waals surface area contributed by atoms with Gasteiger partial charge < -0.3 is 9.47 Å². The monoisotopic (exact) mass is 346 g/mol. The third-order valence-electron chi connectivity index (χ3n) is 2.28. The average molecular weight is 347 g/mol. The number of hydrogen-bond acceptors (Lipinski definition) is 5. The number of unbranched alkanes of at least 4 members (excludes halogenated alkanes) is 1. The molecule has 0 saturated heterocycles. The molecule has 0 N–H and O–H groups in total. The molecule has 0 fully saturated rings. The maximum absolute atomic E-state index is 11.5. The van der Waals surface area contributed by atoms with Gasteiger partial charge >= 0.3 is 11.9 Å². The van der Waals surface area contributed by atoms with Crippen molar-refractivity contribution in [3.05, 3.63) is 26.4 Å². The smallest absolute Gasteiger partial charge is 0.348 e. The molecule has 0 aliphatic rings. The Balaban J connectivity index is 2.73. The van der Waals surface area contributed by atoms with Crippen molar-refractivity contribution in [1.29, 1.82) is 0 Å². The van der Waals surface area contributed by atoms with Crippen LogP contribution in [0, 0.1) is 0 Å². The summed E-state index contributed by atoms with van der Waals surface area (Å²) >= 11 is 4.59. The van der Waals surface area contributed by atoms with E-state index in [2.05, 4.69) is 20.7 Å². The second-order valence-electron chi connectivity index (χ2n) is 3.67. The number of esters is 2. The van der Waals surface area contributed by atoms with Crippen LogP contribution < -0.4 is 0 Å². The molecule has 0 spiro atoms. The lowest BCUT2D eigenvalue weighted by molar-refractivity contribution is -0.137. The van der Waals surface area contributed by atoms with Crippen molar-refractivity contribution in [1.82, 2.24) is 0 Å².